The van der Waals surface area contributed by atoms with E-state index in [1.54, 1.807) is 24.3 Å². The van der Waals surface area contributed by atoms with Crippen LogP contribution in [0.25, 0.3) is 0 Å². The molecule has 0 aromatic heterocycles. The summed E-state index contributed by atoms with van der Waals surface area (Å²) in [6.45, 7) is 0. The van der Waals surface area contributed by atoms with E-state index in [1.807, 2.05) is 0 Å². The lowest BCUT2D eigenvalue weighted by Crippen LogP contribution is -2.33. The van der Waals surface area contributed by atoms with Crippen LogP contribution in [0.4, 0.5) is 5.69 Å². The summed E-state index contributed by atoms with van der Waals surface area (Å²) in [5, 5.41) is 4.98. The number of nitrogens with two attached hydrogens (primary N) is 1. The topological polar surface area (TPSA) is 72.6 Å². The third kappa shape index (κ3) is 2.15. The molecule has 1 aromatic rings. The van der Waals surface area contributed by atoms with Crippen LogP contribution in [0.5, 0.6) is 5.75 Å². The number of methoxy groups -OCH3 is 1. The maximum Gasteiger partial charge on any atom is 0.298 e. The summed E-state index contributed by atoms with van der Waals surface area (Å²) in [5.74, 6) is 0.462. The normalized spacial score (nSPS) is 11.1. The molecule has 0 radical (unpaired) electrons. The molecule has 0 aliphatic carbocycles. The second-order valence-corrected chi connectivity index (χ2v) is 4.26. The minimum absolute atomic E-state index is 0.414. The Bertz CT molecular complexity index is 416. The molecular weight excluding hydrogens is 204 g/mol. The van der Waals surface area contributed by atoms with Crippen LogP contribution in [0.3, 0.4) is 0 Å². The third-order valence-electron chi connectivity index (χ3n) is 1.81. The summed E-state index contributed by atoms with van der Waals surface area (Å²) in [7, 11) is -0.899. The Morgan fingerprint density at radius 3 is 2.43 bits per heavy atom. The Morgan fingerprint density at radius 2 is 1.93 bits per heavy atom. The molecule has 0 fully saturated rings. The maximum atomic E-state index is 11.0. The molecule has 0 heterocycles. The summed E-state index contributed by atoms with van der Waals surface area (Å²) in [4.78, 5) is 0. The summed E-state index contributed by atoms with van der Waals surface area (Å²) in [6, 6.07) is 6.74. The van der Waals surface area contributed by atoms with Crippen LogP contribution in [-0.2, 0) is 10.2 Å². The number of hydrogen-bond acceptors (Lipinski definition) is 3. The first-order valence-electron chi connectivity index (χ1n) is 3.86. The SMILES string of the molecule is COc1ccccc1N(C)S(N)(=O)=O. The highest BCUT2D eigenvalue weighted by Crippen LogP contribution is 2.27. The van der Waals surface area contributed by atoms with Crippen molar-refractivity contribution in [3.63, 3.8) is 0 Å². The average Bonchev–Trinajstić information content (AvgIpc) is 2.15. The lowest BCUT2D eigenvalue weighted by atomic mass is 10.3. The number of rotatable bonds is 3. The summed E-state index contributed by atoms with van der Waals surface area (Å²) in [5.41, 5.74) is 0.414. The first-order chi connectivity index (χ1) is 6.46. The van der Waals surface area contributed by atoms with Crippen LogP contribution < -0.4 is 14.2 Å². The third-order valence-corrected chi connectivity index (χ3v) is 2.77. The van der Waals surface area contributed by atoms with Crippen molar-refractivity contribution in [1.29, 1.82) is 0 Å². The second kappa shape index (κ2) is 3.85. The van der Waals surface area contributed by atoms with E-state index < -0.39 is 10.2 Å². The van der Waals surface area contributed by atoms with E-state index in [2.05, 4.69) is 0 Å². The van der Waals surface area contributed by atoms with Gasteiger partial charge in [-0.05, 0) is 12.1 Å². The van der Waals surface area contributed by atoms with E-state index in [9.17, 15) is 8.42 Å². The van der Waals surface area contributed by atoms with E-state index in [1.165, 1.54) is 14.2 Å². The van der Waals surface area contributed by atoms with Crippen LogP contribution in [-0.4, -0.2) is 22.6 Å². The molecule has 0 atom stereocenters. The monoisotopic (exact) mass is 216 g/mol. The van der Waals surface area contributed by atoms with E-state index in [-0.39, 0.29) is 0 Å². The number of anilines is 1. The van der Waals surface area contributed by atoms with Crippen molar-refractivity contribution in [2.45, 2.75) is 0 Å². The van der Waals surface area contributed by atoms with Gasteiger partial charge in [-0.2, -0.15) is 8.42 Å². The van der Waals surface area contributed by atoms with Crippen molar-refractivity contribution in [3.05, 3.63) is 24.3 Å². The lowest BCUT2D eigenvalue weighted by Gasteiger charge is -2.18. The molecule has 0 spiro atoms. The predicted molar refractivity (Wildman–Crippen MR) is 54.5 cm³/mol. The maximum absolute atomic E-state index is 11.0. The molecular formula is C8H12N2O3S. The van der Waals surface area contributed by atoms with Gasteiger partial charge in [0, 0.05) is 7.05 Å². The lowest BCUT2D eigenvalue weighted by molar-refractivity contribution is 0.416. The Morgan fingerprint density at radius 1 is 1.36 bits per heavy atom. The fourth-order valence-corrected chi connectivity index (χ4v) is 1.45. The number of ether oxygens (including phenoxy) is 1. The number of hydrogen-bond donors (Lipinski definition) is 1. The van der Waals surface area contributed by atoms with Crippen molar-refractivity contribution < 1.29 is 13.2 Å². The minimum atomic E-state index is -3.74. The molecule has 0 bridgehead atoms. The van der Waals surface area contributed by atoms with Crippen molar-refractivity contribution in [1.82, 2.24) is 0 Å². The standard InChI is InChI=1S/C8H12N2O3S/c1-10(14(9,11)12)7-5-3-4-6-8(7)13-2/h3-6H,1-2H3,(H2,9,11,12). The Hall–Kier alpha value is -1.27. The zero-order valence-electron chi connectivity index (χ0n) is 7.97. The van der Waals surface area contributed by atoms with Crippen LogP contribution in [0.15, 0.2) is 24.3 Å². The van der Waals surface area contributed by atoms with Gasteiger partial charge in [0.25, 0.3) is 10.2 Å². The van der Waals surface area contributed by atoms with Crippen LogP contribution >= 0.6 is 0 Å². The zero-order chi connectivity index (χ0) is 10.8. The van der Waals surface area contributed by atoms with Gasteiger partial charge in [-0.1, -0.05) is 12.1 Å². The van der Waals surface area contributed by atoms with Crippen molar-refractivity contribution in [2.75, 3.05) is 18.5 Å². The molecule has 0 aliphatic rings. The van der Waals surface area contributed by atoms with Gasteiger partial charge in [-0.15, -0.1) is 0 Å². The van der Waals surface area contributed by atoms with E-state index >= 15 is 0 Å². The zero-order valence-corrected chi connectivity index (χ0v) is 8.78. The second-order valence-electron chi connectivity index (χ2n) is 2.68. The first kappa shape index (κ1) is 10.8. The van der Waals surface area contributed by atoms with Crippen molar-refractivity contribution >= 4 is 15.9 Å². The van der Waals surface area contributed by atoms with E-state index in [0.29, 0.717) is 11.4 Å². The van der Waals surface area contributed by atoms with E-state index in [4.69, 9.17) is 9.88 Å². The molecule has 0 saturated carbocycles. The largest absolute Gasteiger partial charge is 0.495 e. The van der Waals surface area contributed by atoms with Gasteiger partial charge in [-0.3, -0.25) is 4.31 Å². The molecule has 5 nitrogen and oxygen atoms in total. The summed E-state index contributed by atoms with van der Waals surface area (Å²) in [6.07, 6.45) is 0. The predicted octanol–water partition coefficient (Wildman–Crippen LogP) is 0.335. The molecule has 78 valence electrons. The molecule has 1 aromatic carbocycles. The summed E-state index contributed by atoms with van der Waals surface area (Å²) < 4.78 is 28.1. The number of para-hydroxylation sites is 2. The smallest absolute Gasteiger partial charge is 0.298 e. The van der Waals surface area contributed by atoms with Crippen LogP contribution in [0, 0.1) is 0 Å². The number of nitrogens with zero attached hydrogens (tertiary/aromatic N) is 1. The van der Waals surface area contributed by atoms with Gasteiger partial charge >= 0.3 is 0 Å². The Balaban J connectivity index is 3.19. The van der Waals surface area contributed by atoms with Gasteiger partial charge in [0.05, 0.1) is 12.8 Å². The fraction of sp³-hybridized carbons (Fsp3) is 0.250. The van der Waals surface area contributed by atoms with Gasteiger partial charge in [0.15, 0.2) is 0 Å². The van der Waals surface area contributed by atoms with Crippen LogP contribution in [0.2, 0.25) is 0 Å². The Labute approximate surface area is 83.3 Å². The molecule has 14 heavy (non-hydrogen) atoms. The highest BCUT2D eigenvalue weighted by atomic mass is 32.2. The van der Waals surface area contributed by atoms with Gasteiger partial charge in [0.2, 0.25) is 0 Å². The molecule has 0 unspecified atom stereocenters. The van der Waals surface area contributed by atoms with Crippen molar-refractivity contribution in [2.24, 2.45) is 5.14 Å². The average molecular weight is 216 g/mol. The van der Waals surface area contributed by atoms with Gasteiger partial charge < -0.3 is 4.74 Å². The molecule has 0 amide bonds. The van der Waals surface area contributed by atoms with Crippen LogP contribution in [0.1, 0.15) is 0 Å². The molecule has 2 N–H and O–H groups in total. The molecule has 6 heteroatoms. The van der Waals surface area contributed by atoms with Gasteiger partial charge in [-0.25, -0.2) is 5.14 Å². The molecule has 1 rings (SSSR count). The summed E-state index contributed by atoms with van der Waals surface area (Å²) >= 11 is 0. The van der Waals surface area contributed by atoms with E-state index in [0.717, 1.165) is 4.31 Å². The Kier molecular flexibility index (Phi) is 2.97. The highest BCUT2D eigenvalue weighted by molar-refractivity contribution is 7.90. The molecule has 0 aliphatic heterocycles. The first-order valence-corrected chi connectivity index (χ1v) is 5.37. The highest BCUT2D eigenvalue weighted by Gasteiger charge is 2.15. The van der Waals surface area contributed by atoms with Gasteiger partial charge in [0.1, 0.15) is 5.75 Å². The minimum Gasteiger partial charge on any atom is -0.495 e. The van der Waals surface area contributed by atoms with Crippen molar-refractivity contribution in [3.8, 4) is 5.75 Å². The molecule has 0 saturated heterocycles. The quantitative estimate of drug-likeness (QED) is 0.791. The fourth-order valence-electron chi connectivity index (χ4n) is 1.03. The number of benzene rings is 1.